The van der Waals surface area contributed by atoms with Gasteiger partial charge in [0, 0.05) is 24.6 Å². The number of benzene rings is 1. The molecule has 1 aromatic carbocycles. The summed E-state index contributed by atoms with van der Waals surface area (Å²) >= 11 is 0. The highest BCUT2D eigenvalue weighted by Gasteiger charge is 2.24. The van der Waals surface area contributed by atoms with Gasteiger partial charge >= 0.3 is 5.97 Å². The van der Waals surface area contributed by atoms with Gasteiger partial charge in [0.2, 0.25) is 0 Å². The Bertz CT molecular complexity index is 554. The molecule has 0 aromatic heterocycles. The summed E-state index contributed by atoms with van der Waals surface area (Å²) in [5.74, 6) is -1.25. The zero-order valence-corrected chi connectivity index (χ0v) is 11.9. The second kappa shape index (κ2) is 7.19. The minimum absolute atomic E-state index is 0.0617. The van der Waals surface area contributed by atoms with E-state index < -0.39 is 11.8 Å². The van der Waals surface area contributed by atoms with Crippen LogP contribution in [0.5, 0.6) is 0 Å². The third-order valence-electron chi connectivity index (χ3n) is 4.01. The quantitative estimate of drug-likeness (QED) is 0.905. The Morgan fingerprint density at radius 2 is 2.29 bits per heavy atom. The van der Waals surface area contributed by atoms with Gasteiger partial charge in [-0.05, 0) is 31.9 Å². The number of rotatable bonds is 5. The number of nitrogens with zero attached hydrogens (tertiary/aromatic N) is 2. The molecule has 1 saturated heterocycles. The molecule has 5 heteroatoms. The van der Waals surface area contributed by atoms with Crippen LogP contribution in [0.1, 0.15) is 43.2 Å². The van der Waals surface area contributed by atoms with Crippen LogP contribution < -0.4 is 0 Å². The number of nitriles is 1. The smallest absolute Gasteiger partial charge is 0.303 e. The minimum atomic E-state index is -0.793. The molecule has 1 fully saturated rings. The van der Waals surface area contributed by atoms with Crippen LogP contribution in [0.25, 0.3) is 0 Å². The van der Waals surface area contributed by atoms with Crippen LogP contribution in [-0.2, 0) is 11.3 Å². The summed E-state index contributed by atoms with van der Waals surface area (Å²) in [4.78, 5) is 12.9. The molecule has 1 N–H and O–H groups in total. The first-order valence-electron chi connectivity index (χ1n) is 7.25. The molecule has 0 saturated carbocycles. The Morgan fingerprint density at radius 1 is 1.48 bits per heavy atom. The molecule has 4 nitrogen and oxygen atoms in total. The van der Waals surface area contributed by atoms with Crippen molar-refractivity contribution in [1.29, 1.82) is 5.26 Å². The summed E-state index contributed by atoms with van der Waals surface area (Å²) in [5.41, 5.74) is 0.572. The summed E-state index contributed by atoms with van der Waals surface area (Å²) in [6.07, 6.45) is 3.81. The summed E-state index contributed by atoms with van der Waals surface area (Å²) in [6, 6.07) is 6.88. The molecule has 0 amide bonds. The second-order valence-corrected chi connectivity index (χ2v) is 5.44. The molecule has 0 bridgehead atoms. The van der Waals surface area contributed by atoms with Gasteiger partial charge in [0.05, 0.1) is 5.56 Å². The predicted molar refractivity (Wildman–Crippen MR) is 76.0 cm³/mol. The summed E-state index contributed by atoms with van der Waals surface area (Å²) < 4.78 is 14.1. The Morgan fingerprint density at radius 3 is 3.00 bits per heavy atom. The average Bonchev–Trinajstić information content (AvgIpc) is 2.48. The number of aliphatic carboxylic acids is 1. The van der Waals surface area contributed by atoms with Gasteiger partial charge in [-0.25, -0.2) is 4.39 Å². The van der Waals surface area contributed by atoms with Crippen molar-refractivity contribution in [2.45, 2.75) is 44.7 Å². The van der Waals surface area contributed by atoms with Gasteiger partial charge in [-0.15, -0.1) is 0 Å². The number of likely N-dealkylation sites (tertiary alicyclic amines) is 1. The van der Waals surface area contributed by atoms with E-state index in [0.717, 1.165) is 25.8 Å². The van der Waals surface area contributed by atoms with E-state index in [1.807, 2.05) is 6.07 Å². The Balaban J connectivity index is 2.09. The predicted octanol–water partition coefficient (Wildman–Crippen LogP) is 2.92. The number of hydrogen-bond acceptors (Lipinski definition) is 3. The molecule has 1 aliphatic heterocycles. The van der Waals surface area contributed by atoms with E-state index in [1.54, 1.807) is 12.1 Å². The van der Waals surface area contributed by atoms with Crippen LogP contribution >= 0.6 is 0 Å². The van der Waals surface area contributed by atoms with Crippen LogP contribution in [0.3, 0.4) is 0 Å². The number of hydrogen-bond donors (Lipinski definition) is 1. The van der Waals surface area contributed by atoms with Crippen LogP contribution in [-0.4, -0.2) is 28.6 Å². The SMILES string of the molecule is N#Cc1cccc(CN2CCCCC2CCC(=O)O)c1F. The third-order valence-corrected chi connectivity index (χ3v) is 4.01. The zero-order chi connectivity index (χ0) is 15.2. The number of carbonyl (C=O) groups is 1. The number of carboxylic acids is 1. The third kappa shape index (κ3) is 4.02. The van der Waals surface area contributed by atoms with Crippen LogP contribution in [0.4, 0.5) is 4.39 Å². The van der Waals surface area contributed by atoms with Crippen LogP contribution in [0, 0.1) is 17.1 Å². The molecule has 0 aliphatic carbocycles. The van der Waals surface area contributed by atoms with Crippen molar-refractivity contribution >= 4 is 5.97 Å². The van der Waals surface area contributed by atoms with Crippen molar-refractivity contribution in [3.8, 4) is 6.07 Å². The summed E-state index contributed by atoms with van der Waals surface area (Å²) in [5, 5.41) is 17.7. The van der Waals surface area contributed by atoms with Crippen LogP contribution in [0.2, 0.25) is 0 Å². The number of carboxylic acid groups (broad SMARTS) is 1. The first kappa shape index (κ1) is 15.5. The van der Waals surface area contributed by atoms with Gasteiger partial charge in [-0.1, -0.05) is 18.6 Å². The highest BCUT2D eigenvalue weighted by molar-refractivity contribution is 5.66. The van der Waals surface area contributed by atoms with Crippen molar-refractivity contribution in [1.82, 2.24) is 4.90 Å². The molecule has 1 unspecified atom stereocenters. The topological polar surface area (TPSA) is 64.3 Å². The van der Waals surface area contributed by atoms with E-state index in [9.17, 15) is 9.18 Å². The van der Waals surface area contributed by atoms with Crippen molar-refractivity contribution in [3.63, 3.8) is 0 Å². The van der Waals surface area contributed by atoms with Gasteiger partial charge in [-0.2, -0.15) is 5.26 Å². The Kier molecular flexibility index (Phi) is 5.29. The highest BCUT2D eigenvalue weighted by atomic mass is 19.1. The van der Waals surface area contributed by atoms with E-state index in [1.165, 1.54) is 6.07 Å². The Hall–Kier alpha value is -1.93. The number of piperidine rings is 1. The van der Waals surface area contributed by atoms with E-state index in [2.05, 4.69) is 4.90 Å². The van der Waals surface area contributed by atoms with Crippen molar-refractivity contribution in [2.24, 2.45) is 0 Å². The maximum absolute atomic E-state index is 14.1. The fourth-order valence-electron chi connectivity index (χ4n) is 2.89. The zero-order valence-electron chi connectivity index (χ0n) is 11.9. The van der Waals surface area contributed by atoms with Crippen molar-refractivity contribution < 1.29 is 14.3 Å². The van der Waals surface area contributed by atoms with Gasteiger partial charge in [0.25, 0.3) is 0 Å². The van der Waals surface area contributed by atoms with Crippen molar-refractivity contribution in [3.05, 3.63) is 35.1 Å². The first-order chi connectivity index (χ1) is 10.1. The molecule has 112 valence electrons. The molecule has 21 heavy (non-hydrogen) atoms. The normalized spacial score (nSPS) is 19.1. The Labute approximate surface area is 123 Å². The monoisotopic (exact) mass is 290 g/mol. The fraction of sp³-hybridized carbons (Fsp3) is 0.500. The van der Waals surface area contributed by atoms with Gasteiger partial charge in [0.1, 0.15) is 11.9 Å². The average molecular weight is 290 g/mol. The van der Waals surface area contributed by atoms with E-state index >= 15 is 0 Å². The molecule has 1 atom stereocenters. The van der Waals surface area contributed by atoms with Crippen molar-refractivity contribution in [2.75, 3.05) is 6.54 Å². The largest absolute Gasteiger partial charge is 0.481 e. The lowest BCUT2D eigenvalue weighted by Gasteiger charge is -2.35. The first-order valence-corrected chi connectivity index (χ1v) is 7.25. The van der Waals surface area contributed by atoms with Crippen LogP contribution in [0.15, 0.2) is 18.2 Å². The van der Waals surface area contributed by atoms with E-state index in [4.69, 9.17) is 10.4 Å². The van der Waals surface area contributed by atoms with E-state index in [0.29, 0.717) is 18.5 Å². The molecule has 0 radical (unpaired) electrons. The number of halogens is 1. The van der Waals surface area contributed by atoms with E-state index in [-0.39, 0.29) is 18.0 Å². The summed E-state index contributed by atoms with van der Waals surface area (Å²) in [6.45, 7) is 1.28. The molecule has 0 spiro atoms. The second-order valence-electron chi connectivity index (χ2n) is 5.44. The maximum Gasteiger partial charge on any atom is 0.303 e. The van der Waals surface area contributed by atoms with Gasteiger partial charge in [-0.3, -0.25) is 9.69 Å². The molecule has 2 rings (SSSR count). The van der Waals surface area contributed by atoms with Gasteiger partial charge < -0.3 is 5.11 Å². The molecular weight excluding hydrogens is 271 g/mol. The lowest BCUT2D eigenvalue weighted by atomic mass is 9.97. The lowest BCUT2D eigenvalue weighted by Crippen LogP contribution is -2.39. The van der Waals surface area contributed by atoms with Gasteiger partial charge in [0.15, 0.2) is 0 Å². The highest BCUT2D eigenvalue weighted by Crippen LogP contribution is 2.24. The minimum Gasteiger partial charge on any atom is -0.481 e. The lowest BCUT2D eigenvalue weighted by molar-refractivity contribution is -0.137. The maximum atomic E-state index is 14.1. The molecule has 1 aromatic rings. The fourth-order valence-corrected chi connectivity index (χ4v) is 2.89. The molecule has 1 heterocycles. The molecular formula is C16H19FN2O2. The summed E-state index contributed by atoms with van der Waals surface area (Å²) in [7, 11) is 0. The standard InChI is InChI=1S/C16H19FN2O2/c17-16-12(10-18)4-3-5-13(16)11-19-9-2-1-6-14(19)7-8-15(20)21/h3-5,14H,1-2,6-9,11H2,(H,20,21). The molecule has 1 aliphatic rings.